The Kier molecular flexibility index (Phi) is 6.43. The minimum absolute atomic E-state index is 0.0559. The highest BCUT2D eigenvalue weighted by molar-refractivity contribution is 7.09. The van der Waals surface area contributed by atoms with Crippen LogP contribution in [0.2, 0.25) is 0 Å². The SMILES string of the molecule is COc1ccc(NC(=O)CC(C)NCc2cccs2)c(OC)c1. The molecule has 1 heterocycles. The van der Waals surface area contributed by atoms with E-state index in [4.69, 9.17) is 9.47 Å². The number of carbonyl (C=O) groups excluding carboxylic acids is 1. The monoisotopic (exact) mass is 334 g/mol. The molecule has 0 fully saturated rings. The highest BCUT2D eigenvalue weighted by atomic mass is 32.1. The average molecular weight is 334 g/mol. The maximum atomic E-state index is 12.2. The summed E-state index contributed by atoms with van der Waals surface area (Å²) in [6, 6.07) is 9.49. The number of nitrogens with one attached hydrogen (secondary N) is 2. The third kappa shape index (κ3) is 5.26. The number of methoxy groups -OCH3 is 2. The van der Waals surface area contributed by atoms with Gasteiger partial charge in [-0.25, -0.2) is 0 Å². The van der Waals surface area contributed by atoms with Gasteiger partial charge < -0.3 is 20.1 Å². The molecule has 2 rings (SSSR count). The zero-order chi connectivity index (χ0) is 16.7. The lowest BCUT2D eigenvalue weighted by molar-refractivity contribution is -0.116. The van der Waals surface area contributed by atoms with Crippen LogP contribution >= 0.6 is 11.3 Å². The molecule has 23 heavy (non-hydrogen) atoms. The lowest BCUT2D eigenvalue weighted by atomic mass is 10.2. The Labute approximate surface area is 140 Å². The molecule has 0 saturated heterocycles. The van der Waals surface area contributed by atoms with E-state index in [1.165, 1.54) is 4.88 Å². The summed E-state index contributed by atoms with van der Waals surface area (Å²) in [6.07, 6.45) is 0.389. The molecule has 2 N–H and O–H groups in total. The van der Waals surface area contributed by atoms with Crippen LogP contribution in [0.5, 0.6) is 11.5 Å². The number of hydrogen-bond donors (Lipinski definition) is 2. The van der Waals surface area contributed by atoms with Crippen LogP contribution in [-0.2, 0) is 11.3 Å². The number of hydrogen-bond acceptors (Lipinski definition) is 5. The Morgan fingerprint density at radius 3 is 2.74 bits per heavy atom. The number of anilines is 1. The van der Waals surface area contributed by atoms with Crippen LogP contribution in [0.3, 0.4) is 0 Å². The highest BCUT2D eigenvalue weighted by Crippen LogP contribution is 2.29. The molecular weight excluding hydrogens is 312 g/mol. The van der Waals surface area contributed by atoms with Gasteiger partial charge >= 0.3 is 0 Å². The Hall–Kier alpha value is -2.05. The van der Waals surface area contributed by atoms with Gasteiger partial charge in [0.15, 0.2) is 0 Å². The first-order chi connectivity index (χ1) is 11.1. The topological polar surface area (TPSA) is 59.6 Å². The molecule has 0 aliphatic heterocycles. The fourth-order valence-corrected chi connectivity index (χ4v) is 2.80. The van der Waals surface area contributed by atoms with Crippen LogP contribution in [0.25, 0.3) is 0 Å². The molecular formula is C17H22N2O3S. The summed E-state index contributed by atoms with van der Waals surface area (Å²) in [5.41, 5.74) is 0.642. The minimum atomic E-state index is -0.0559. The smallest absolute Gasteiger partial charge is 0.226 e. The number of benzene rings is 1. The van der Waals surface area contributed by atoms with Gasteiger partial charge in [-0.2, -0.15) is 0 Å². The van der Waals surface area contributed by atoms with Crippen molar-refractivity contribution in [3.8, 4) is 11.5 Å². The van der Waals surface area contributed by atoms with Gasteiger partial charge in [-0.05, 0) is 30.5 Å². The van der Waals surface area contributed by atoms with Crippen LogP contribution in [0.15, 0.2) is 35.7 Å². The molecule has 1 unspecified atom stereocenters. The first-order valence-corrected chi connectivity index (χ1v) is 8.28. The van der Waals surface area contributed by atoms with Gasteiger partial charge in [0.05, 0.1) is 19.9 Å². The number of carbonyl (C=O) groups is 1. The summed E-state index contributed by atoms with van der Waals surface area (Å²) in [5, 5.41) is 8.27. The van der Waals surface area contributed by atoms with E-state index in [9.17, 15) is 4.79 Å². The van der Waals surface area contributed by atoms with Crippen molar-refractivity contribution < 1.29 is 14.3 Å². The lowest BCUT2D eigenvalue weighted by Gasteiger charge is -2.15. The maximum Gasteiger partial charge on any atom is 0.226 e. The molecule has 1 atom stereocenters. The molecule has 0 radical (unpaired) electrons. The highest BCUT2D eigenvalue weighted by Gasteiger charge is 2.12. The average Bonchev–Trinajstić information content (AvgIpc) is 3.06. The van der Waals surface area contributed by atoms with E-state index in [1.807, 2.05) is 18.4 Å². The van der Waals surface area contributed by atoms with Crippen molar-refractivity contribution in [2.24, 2.45) is 0 Å². The third-order valence-electron chi connectivity index (χ3n) is 3.38. The summed E-state index contributed by atoms with van der Waals surface area (Å²) in [7, 11) is 3.16. The van der Waals surface area contributed by atoms with E-state index < -0.39 is 0 Å². The second-order valence-electron chi connectivity index (χ2n) is 5.18. The fraction of sp³-hybridized carbons (Fsp3) is 0.353. The number of amides is 1. The normalized spacial score (nSPS) is 11.8. The molecule has 1 aromatic carbocycles. The lowest BCUT2D eigenvalue weighted by Crippen LogP contribution is -2.30. The standard InChI is InChI=1S/C17H22N2O3S/c1-12(18-11-14-5-4-8-23-14)9-17(20)19-15-7-6-13(21-2)10-16(15)22-3/h4-8,10,12,18H,9,11H2,1-3H3,(H,19,20). The van der Waals surface area contributed by atoms with Crippen molar-refractivity contribution in [1.29, 1.82) is 0 Å². The van der Waals surface area contributed by atoms with Gasteiger partial charge in [-0.15, -0.1) is 11.3 Å². The largest absolute Gasteiger partial charge is 0.497 e. The molecule has 2 aromatic rings. The molecule has 6 heteroatoms. The zero-order valence-electron chi connectivity index (χ0n) is 13.6. The van der Waals surface area contributed by atoms with Gasteiger partial charge in [0.25, 0.3) is 0 Å². The van der Waals surface area contributed by atoms with E-state index >= 15 is 0 Å². The first kappa shape index (κ1) is 17.3. The van der Waals surface area contributed by atoms with E-state index in [-0.39, 0.29) is 11.9 Å². The second kappa shape index (κ2) is 8.55. The zero-order valence-corrected chi connectivity index (χ0v) is 14.4. The fourth-order valence-electron chi connectivity index (χ4n) is 2.14. The minimum Gasteiger partial charge on any atom is -0.497 e. The Morgan fingerprint density at radius 1 is 1.26 bits per heavy atom. The van der Waals surface area contributed by atoms with E-state index in [0.717, 1.165) is 6.54 Å². The molecule has 0 aliphatic carbocycles. The summed E-state index contributed by atoms with van der Waals surface area (Å²) in [4.78, 5) is 13.4. The van der Waals surface area contributed by atoms with Crippen molar-refractivity contribution >= 4 is 22.9 Å². The predicted molar refractivity (Wildman–Crippen MR) is 93.4 cm³/mol. The van der Waals surface area contributed by atoms with Crippen LogP contribution < -0.4 is 20.1 Å². The van der Waals surface area contributed by atoms with Crippen LogP contribution in [-0.4, -0.2) is 26.2 Å². The Morgan fingerprint density at radius 2 is 2.09 bits per heavy atom. The number of thiophene rings is 1. The number of ether oxygens (including phenoxy) is 2. The summed E-state index contributed by atoms with van der Waals surface area (Å²) >= 11 is 1.70. The third-order valence-corrected chi connectivity index (χ3v) is 4.26. The van der Waals surface area contributed by atoms with Gasteiger partial charge in [0.1, 0.15) is 11.5 Å². The summed E-state index contributed by atoms with van der Waals surface area (Å²) < 4.78 is 10.4. The van der Waals surface area contributed by atoms with Crippen molar-refractivity contribution in [3.05, 3.63) is 40.6 Å². The molecule has 5 nitrogen and oxygen atoms in total. The summed E-state index contributed by atoms with van der Waals surface area (Å²) in [6.45, 7) is 2.77. The maximum absolute atomic E-state index is 12.2. The Bertz CT molecular complexity index is 629. The van der Waals surface area contributed by atoms with Gasteiger partial charge in [0.2, 0.25) is 5.91 Å². The van der Waals surface area contributed by atoms with Crippen LogP contribution in [0.1, 0.15) is 18.2 Å². The molecule has 0 aliphatic rings. The van der Waals surface area contributed by atoms with Gasteiger partial charge in [-0.1, -0.05) is 6.07 Å². The molecule has 0 saturated carbocycles. The second-order valence-corrected chi connectivity index (χ2v) is 6.21. The van der Waals surface area contributed by atoms with Crippen molar-refractivity contribution in [3.63, 3.8) is 0 Å². The molecule has 1 amide bonds. The molecule has 0 bridgehead atoms. The van der Waals surface area contributed by atoms with Crippen molar-refractivity contribution in [2.75, 3.05) is 19.5 Å². The van der Waals surface area contributed by atoms with Crippen molar-refractivity contribution in [2.45, 2.75) is 25.9 Å². The first-order valence-electron chi connectivity index (χ1n) is 7.40. The van der Waals surface area contributed by atoms with Gasteiger partial charge in [-0.3, -0.25) is 4.79 Å². The number of rotatable bonds is 8. The molecule has 0 spiro atoms. The van der Waals surface area contributed by atoms with Crippen LogP contribution in [0, 0.1) is 0 Å². The van der Waals surface area contributed by atoms with Crippen molar-refractivity contribution in [1.82, 2.24) is 5.32 Å². The van der Waals surface area contributed by atoms with E-state index in [1.54, 1.807) is 43.8 Å². The quantitative estimate of drug-likeness (QED) is 0.778. The van der Waals surface area contributed by atoms with Gasteiger partial charge in [0, 0.05) is 30.0 Å². The van der Waals surface area contributed by atoms with E-state index in [2.05, 4.69) is 16.7 Å². The molecule has 1 aromatic heterocycles. The summed E-state index contributed by atoms with van der Waals surface area (Å²) in [5.74, 6) is 1.21. The Balaban J connectivity index is 1.86. The van der Waals surface area contributed by atoms with Crippen LogP contribution in [0.4, 0.5) is 5.69 Å². The predicted octanol–water partition coefficient (Wildman–Crippen LogP) is 3.27. The molecule has 124 valence electrons. The van der Waals surface area contributed by atoms with E-state index in [0.29, 0.717) is 23.6 Å².